The summed E-state index contributed by atoms with van der Waals surface area (Å²) in [4.78, 5) is 12.5. The van der Waals surface area contributed by atoms with Crippen LogP contribution in [0.25, 0.3) is 0 Å². The van der Waals surface area contributed by atoms with E-state index in [-0.39, 0.29) is 11.3 Å². The maximum Gasteiger partial charge on any atom is 0.265 e. The number of rotatable bonds is 6. The molecule has 1 N–H and O–H groups in total. The first-order chi connectivity index (χ1) is 11.8. The molecule has 25 heavy (non-hydrogen) atoms. The Balaban J connectivity index is 2.01. The van der Waals surface area contributed by atoms with E-state index < -0.39 is 6.10 Å². The van der Waals surface area contributed by atoms with Gasteiger partial charge in [0.25, 0.3) is 5.91 Å². The Morgan fingerprint density at radius 1 is 1.00 bits per heavy atom. The van der Waals surface area contributed by atoms with Crippen LogP contribution in [0.2, 0.25) is 0 Å². The van der Waals surface area contributed by atoms with Crippen molar-refractivity contribution in [2.75, 3.05) is 5.32 Å². The van der Waals surface area contributed by atoms with Crippen molar-refractivity contribution in [2.24, 2.45) is 0 Å². The molecule has 0 spiro atoms. The molecular formula is C22H29NO2. The Hall–Kier alpha value is -2.29. The van der Waals surface area contributed by atoms with Crippen molar-refractivity contribution in [3.8, 4) is 5.75 Å². The second-order valence-corrected chi connectivity index (χ2v) is 7.33. The summed E-state index contributed by atoms with van der Waals surface area (Å²) in [5.41, 5.74) is 3.39. The van der Waals surface area contributed by atoms with Gasteiger partial charge in [-0.25, -0.2) is 0 Å². The molecule has 0 radical (unpaired) electrons. The fraction of sp³-hybridized carbons (Fsp3) is 0.409. The third-order valence-corrected chi connectivity index (χ3v) is 4.29. The molecule has 0 saturated carbocycles. The molecule has 2 aromatic carbocycles. The van der Waals surface area contributed by atoms with E-state index in [1.807, 2.05) is 43.3 Å². The standard InChI is InChI=1S/C22H29NO2/c1-6-16-8-12-18(13-9-16)23-21(24)20(7-2)25-19-14-10-17(11-15-19)22(3,4)5/h8-15,20H,6-7H2,1-5H3,(H,23,24). The molecule has 1 unspecified atom stereocenters. The van der Waals surface area contributed by atoms with E-state index in [0.717, 1.165) is 17.9 Å². The van der Waals surface area contributed by atoms with E-state index in [1.165, 1.54) is 11.1 Å². The van der Waals surface area contributed by atoms with Gasteiger partial charge in [0, 0.05) is 5.69 Å². The van der Waals surface area contributed by atoms with Gasteiger partial charge in [-0.05, 0) is 53.6 Å². The van der Waals surface area contributed by atoms with Gasteiger partial charge in [0.1, 0.15) is 5.75 Å². The zero-order valence-electron chi connectivity index (χ0n) is 15.9. The topological polar surface area (TPSA) is 38.3 Å². The average Bonchev–Trinajstić information content (AvgIpc) is 2.60. The SMILES string of the molecule is CCc1ccc(NC(=O)C(CC)Oc2ccc(C(C)(C)C)cc2)cc1. The number of hydrogen-bond acceptors (Lipinski definition) is 2. The number of benzene rings is 2. The van der Waals surface area contributed by atoms with E-state index >= 15 is 0 Å². The number of anilines is 1. The third kappa shape index (κ3) is 5.35. The average molecular weight is 339 g/mol. The Bertz CT molecular complexity index is 681. The Labute approximate surface area is 151 Å². The fourth-order valence-electron chi connectivity index (χ4n) is 2.57. The molecule has 0 saturated heterocycles. The zero-order chi connectivity index (χ0) is 18.4. The summed E-state index contributed by atoms with van der Waals surface area (Å²) in [6.07, 6.45) is 1.09. The lowest BCUT2D eigenvalue weighted by molar-refractivity contribution is -0.122. The Morgan fingerprint density at radius 2 is 1.60 bits per heavy atom. The number of nitrogens with one attached hydrogen (secondary N) is 1. The number of amides is 1. The highest BCUT2D eigenvalue weighted by molar-refractivity contribution is 5.94. The van der Waals surface area contributed by atoms with Crippen LogP contribution in [0.5, 0.6) is 5.75 Å². The van der Waals surface area contributed by atoms with E-state index in [1.54, 1.807) is 0 Å². The van der Waals surface area contributed by atoms with Gasteiger partial charge in [-0.1, -0.05) is 58.9 Å². The maximum atomic E-state index is 12.5. The maximum absolute atomic E-state index is 12.5. The molecule has 0 aliphatic rings. The normalized spacial score (nSPS) is 12.5. The molecule has 2 aromatic rings. The molecule has 2 rings (SSSR count). The van der Waals surface area contributed by atoms with Gasteiger partial charge in [0.15, 0.2) is 6.10 Å². The number of hydrogen-bond donors (Lipinski definition) is 1. The molecule has 0 heterocycles. The third-order valence-electron chi connectivity index (χ3n) is 4.29. The summed E-state index contributed by atoms with van der Waals surface area (Å²) in [5, 5.41) is 2.94. The lowest BCUT2D eigenvalue weighted by atomic mass is 9.87. The highest BCUT2D eigenvalue weighted by Crippen LogP contribution is 2.25. The van der Waals surface area contributed by atoms with E-state index in [4.69, 9.17) is 4.74 Å². The molecule has 134 valence electrons. The van der Waals surface area contributed by atoms with Crippen LogP contribution in [0, 0.1) is 0 Å². The summed E-state index contributed by atoms with van der Waals surface area (Å²) in [5.74, 6) is 0.600. The van der Waals surface area contributed by atoms with Crippen LogP contribution >= 0.6 is 0 Å². The van der Waals surface area contributed by atoms with Crippen LogP contribution < -0.4 is 10.1 Å². The predicted molar refractivity (Wildman–Crippen MR) is 104 cm³/mol. The number of carbonyl (C=O) groups excluding carboxylic acids is 1. The second-order valence-electron chi connectivity index (χ2n) is 7.33. The molecule has 1 atom stereocenters. The zero-order valence-corrected chi connectivity index (χ0v) is 15.9. The lowest BCUT2D eigenvalue weighted by Crippen LogP contribution is -2.32. The first-order valence-corrected chi connectivity index (χ1v) is 9.00. The van der Waals surface area contributed by atoms with Crippen molar-refractivity contribution in [2.45, 2.75) is 59.0 Å². The monoisotopic (exact) mass is 339 g/mol. The molecule has 1 amide bonds. The van der Waals surface area contributed by atoms with Gasteiger partial charge in [-0.2, -0.15) is 0 Å². The molecule has 3 heteroatoms. The lowest BCUT2D eigenvalue weighted by Gasteiger charge is -2.21. The summed E-state index contributed by atoms with van der Waals surface area (Å²) < 4.78 is 5.90. The number of ether oxygens (including phenoxy) is 1. The van der Waals surface area contributed by atoms with Gasteiger partial charge < -0.3 is 10.1 Å². The molecule has 0 aliphatic heterocycles. The molecule has 3 nitrogen and oxygen atoms in total. The quantitative estimate of drug-likeness (QED) is 0.771. The van der Waals surface area contributed by atoms with Crippen LogP contribution in [0.15, 0.2) is 48.5 Å². The van der Waals surface area contributed by atoms with Crippen LogP contribution in [-0.4, -0.2) is 12.0 Å². The second kappa shape index (κ2) is 8.19. The van der Waals surface area contributed by atoms with Gasteiger partial charge in [-0.15, -0.1) is 0 Å². The van der Waals surface area contributed by atoms with Crippen molar-refractivity contribution in [1.29, 1.82) is 0 Å². The van der Waals surface area contributed by atoms with Crippen LogP contribution in [-0.2, 0) is 16.6 Å². The van der Waals surface area contributed by atoms with Crippen molar-refractivity contribution in [1.82, 2.24) is 0 Å². The van der Waals surface area contributed by atoms with Gasteiger partial charge >= 0.3 is 0 Å². The first-order valence-electron chi connectivity index (χ1n) is 9.00. The van der Waals surface area contributed by atoms with Crippen molar-refractivity contribution in [3.05, 3.63) is 59.7 Å². The van der Waals surface area contributed by atoms with Crippen LogP contribution in [0.3, 0.4) is 0 Å². The highest BCUT2D eigenvalue weighted by Gasteiger charge is 2.19. The van der Waals surface area contributed by atoms with Crippen molar-refractivity contribution < 1.29 is 9.53 Å². The predicted octanol–water partition coefficient (Wildman–Crippen LogP) is 5.34. The largest absolute Gasteiger partial charge is 0.481 e. The molecular weight excluding hydrogens is 310 g/mol. The molecule has 0 fully saturated rings. The minimum Gasteiger partial charge on any atom is -0.481 e. The minimum atomic E-state index is -0.508. The van der Waals surface area contributed by atoms with Gasteiger partial charge in [0.2, 0.25) is 0 Å². The number of aryl methyl sites for hydroxylation is 1. The van der Waals surface area contributed by atoms with Gasteiger partial charge in [-0.3, -0.25) is 4.79 Å². The molecule has 0 bridgehead atoms. The summed E-state index contributed by atoms with van der Waals surface area (Å²) >= 11 is 0. The van der Waals surface area contributed by atoms with E-state index in [9.17, 15) is 4.79 Å². The van der Waals surface area contributed by atoms with E-state index in [2.05, 4.69) is 45.1 Å². The van der Waals surface area contributed by atoms with E-state index in [0.29, 0.717) is 6.42 Å². The van der Waals surface area contributed by atoms with Crippen molar-refractivity contribution in [3.63, 3.8) is 0 Å². The minimum absolute atomic E-state index is 0.102. The highest BCUT2D eigenvalue weighted by atomic mass is 16.5. The van der Waals surface area contributed by atoms with Crippen LogP contribution in [0.4, 0.5) is 5.69 Å². The Kier molecular flexibility index (Phi) is 6.24. The van der Waals surface area contributed by atoms with Crippen molar-refractivity contribution >= 4 is 11.6 Å². The molecule has 0 aromatic heterocycles. The molecule has 0 aliphatic carbocycles. The smallest absolute Gasteiger partial charge is 0.265 e. The summed E-state index contributed by atoms with van der Waals surface area (Å²) in [7, 11) is 0. The summed E-state index contributed by atoms with van der Waals surface area (Å²) in [6, 6.07) is 15.9. The number of carbonyl (C=O) groups is 1. The van der Waals surface area contributed by atoms with Crippen LogP contribution in [0.1, 0.15) is 52.2 Å². The Morgan fingerprint density at radius 3 is 2.08 bits per heavy atom. The fourth-order valence-corrected chi connectivity index (χ4v) is 2.57. The van der Waals surface area contributed by atoms with Gasteiger partial charge in [0.05, 0.1) is 0 Å². The first kappa shape index (κ1) is 19.0. The summed E-state index contributed by atoms with van der Waals surface area (Å²) in [6.45, 7) is 10.6.